The van der Waals surface area contributed by atoms with Crippen LogP contribution in [0.2, 0.25) is 0 Å². The number of alkyl halides is 2. The van der Waals surface area contributed by atoms with Crippen molar-refractivity contribution in [2.75, 3.05) is 32.7 Å². The maximum absolute atomic E-state index is 13.1. The number of hydrogen-bond donors (Lipinski definition) is 1. The van der Waals surface area contributed by atoms with Gasteiger partial charge < -0.3 is 19.5 Å². The van der Waals surface area contributed by atoms with Crippen LogP contribution in [0.5, 0.6) is 11.5 Å². The Morgan fingerprint density at radius 1 is 1.00 bits per heavy atom. The fourth-order valence-corrected chi connectivity index (χ4v) is 4.18. The van der Waals surface area contributed by atoms with Crippen molar-refractivity contribution in [2.24, 2.45) is 0 Å². The molecule has 25 heavy (non-hydrogen) atoms. The minimum Gasteiger partial charge on any atom is -0.395 e. The molecule has 3 aliphatic rings. The molecule has 138 valence electrons. The fraction of sp³-hybridized carbons (Fsp3) is 0.667. The number of piperidine rings is 1. The summed E-state index contributed by atoms with van der Waals surface area (Å²) in [7, 11) is 0. The summed E-state index contributed by atoms with van der Waals surface area (Å²) in [5.41, 5.74) is 0.192. The van der Waals surface area contributed by atoms with E-state index in [1.807, 2.05) is 0 Å². The number of fused-ring (bicyclic) bond motifs is 1. The summed E-state index contributed by atoms with van der Waals surface area (Å²) in [4.78, 5) is 4.53. The highest BCUT2D eigenvalue weighted by atomic mass is 19.3. The van der Waals surface area contributed by atoms with E-state index < -0.39 is 11.9 Å². The number of rotatable bonds is 4. The molecule has 0 bridgehead atoms. The van der Waals surface area contributed by atoms with Gasteiger partial charge in [0.1, 0.15) is 0 Å². The maximum atomic E-state index is 13.1. The third kappa shape index (κ3) is 3.88. The monoisotopic (exact) mass is 354 g/mol. The first-order valence-electron chi connectivity index (χ1n) is 8.97. The van der Waals surface area contributed by atoms with Gasteiger partial charge >= 0.3 is 6.29 Å². The lowest BCUT2D eigenvalue weighted by Gasteiger charge is -2.41. The second-order valence-corrected chi connectivity index (χ2v) is 7.47. The molecule has 1 aromatic rings. The number of aliphatic hydroxyl groups is 1. The SMILES string of the molecule is O[C@@]1(CN2CCCC2)CCCN(Cc2ccc3c(c2)OC(F)(F)O3)C1. The molecular weight excluding hydrogens is 330 g/mol. The smallest absolute Gasteiger partial charge is 0.395 e. The van der Waals surface area contributed by atoms with Crippen molar-refractivity contribution in [1.29, 1.82) is 0 Å². The molecule has 1 N–H and O–H groups in total. The molecule has 3 aliphatic heterocycles. The number of β-amino-alcohol motifs (C(OH)–C–C–N with tert-alkyl or cyclic N) is 1. The van der Waals surface area contributed by atoms with E-state index >= 15 is 0 Å². The highest BCUT2D eigenvalue weighted by molar-refractivity contribution is 5.45. The molecule has 0 aromatic heterocycles. The molecule has 0 amide bonds. The van der Waals surface area contributed by atoms with Gasteiger partial charge in [-0.3, -0.25) is 4.90 Å². The summed E-state index contributed by atoms with van der Waals surface area (Å²) in [6, 6.07) is 4.90. The first kappa shape index (κ1) is 17.0. The highest BCUT2D eigenvalue weighted by Gasteiger charge is 2.43. The maximum Gasteiger partial charge on any atom is 0.586 e. The minimum atomic E-state index is -3.58. The number of benzene rings is 1. The van der Waals surface area contributed by atoms with Crippen LogP contribution < -0.4 is 9.47 Å². The molecule has 0 spiro atoms. The van der Waals surface area contributed by atoms with Crippen LogP contribution in [0.4, 0.5) is 8.78 Å². The first-order valence-corrected chi connectivity index (χ1v) is 8.97. The van der Waals surface area contributed by atoms with Gasteiger partial charge in [-0.1, -0.05) is 6.07 Å². The molecule has 0 radical (unpaired) electrons. The predicted octanol–water partition coefficient (Wildman–Crippen LogP) is 2.43. The van der Waals surface area contributed by atoms with E-state index in [-0.39, 0.29) is 11.5 Å². The number of likely N-dealkylation sites (tertiary alicyclic amines) is 2. The van der Waals surface area contributed by atoms with Crippen molar-refractivity contribution < 1.29 is 23.4 Å². The topological polar surface area (TPSA) is 45.2 Å². The normalized spacial score (nSPS) is 29.2. The molecule has 1 atom stereocenters. The Bertz CT molecular complexity index is 637. The Balaban J connectivity index is 1.39. The van der Waals surface area contributed by atoms with Crippen molar-refractivity contribution in [3.05, 3.63) is 23.8 Å². The van der Waals surface area contributed by atoms with Gasteiger partial charge in [-0.25, -0.2) is 0 Å². The van der Waals surface area contributed by atoms with Crippen molar-refractivity contribution in [1.82, 2.24) is 9.80 Å². The van der Waals surface area contributed by atoms with E-state index in [1.54, 1.807) is 12.1 Å². The predicted molar refractivity (Wildman–Crippen MR) is 87.8 cm³/mol. The molecule has 2 saturated heterocycles. The van der Waals surface area contributed by atoms with Gasteiger partial charge in [0.15, 0.2) is 11.5 Å². The van der Waals surface area contributed by atoms with Gasteiger partial charge in [0.05, 0.1) is 5.60 Å². The quantitative estimate of drug-likeness (QED) is 0.900. The highest BCUT2D eigenvalue weighted by Crippen LogP contribution is 2.41. The van der Waals surface area contributed by atoms with Crippen LogP contribution in [0.3, 0.4) is 0 Å². The lowest BCUT2D eigenvalue weighted by Crippen LogP contribution is -2.53. The molecule has 0 aliphatic carbocycles. The van der Waals surface area contributed by atoms with Gasteiger partial charge in [-0.2, -0.15) is 0 Å². The molecule has 0 unspecified atom stereocenters. The van der Waals surface area contributed by atoms with Crippen LogP contribution in [-0.4, -0.2) is 59.5 Å². The average molecular weight is 354 g/mol. The summed E-state index contributed by atoms with van der Waals surface area (Å²) in [5.74, 6) is 0.143. The van der Waals surface area contributed by atoms with Crippen LogP contribution in [0.15, 0.2) is 18.2 Å². The third-order valence-corrected chi connectivity index (χ3v) is 5.22. The van der Waals surface area contributed by atoms with Crippen LogP contribution in [0, 0.1) is 0 Å². The van der Waals surface area contributed by atoms with Crippen LogP contribution in [-0.2, 0) is 6.54 Å². The van der Waals surface area contributed by atoms with E-state index in [2.05, 4.69) is 19.3 Å². The average Bonchev–Trinajstić information content (AvgIpc) is 3.12. The van der Waals surface area contributed by atoms with E-state index in [4.69, 9.17) is 0 Å². The van der Waals surface area contributed by atoms with E-state index in [1.165, 1.54) is 18.9 Å². The number of nitrogens with zero attached hydrogens (tertiary/aromatic N) is 2. The summed E-state index contributed by atoms with van der Waals surface area (Å²) < 4.78 is 35.2. The zero-order valence-corrected chi connectivity index (χ0v) is 14.2. The fourth-order valence-electron chi connectivity index (χ4n) is 4.18. The molecule has 7 heteroatoms. The zero-order valence-electron chi connectivity index (χ0n) is 14.2. The van der Waals surface area contributed by atoms with Crippen molar-refractivity contribution in [3.8, 4) is 11.5 Å². The Labute approximate surface area is 146 Å². The van der Waals surface area contributed by atoms with Crippen molar-refractivity contribution in [2.45, 2.75) is 44.1 Å². The van der Waals surface area contributed by atoms with Crippen molar-refractivity contribution in [3.63, 3.8) is 0 Å². The van der Waals surface area contributed by atoms with E-state index in [0.717, 1.165) is 44.6 Å². The summed E-state index contributed by atoms with van der Waals surface area (Å²) in [6.45, 7) is 4.96. The lowest BCUT2D eigenvalue weighted by atomic mass is 9.92. The molecule has 0 saturated carbocycles. The van der Waals surface area contributed by atoms with Crippen LogP contribution >= 0.6 is 0 Å². The minimum absolute atomic E-state index is 0.0675. The molecule has 1 aromatic carbocycles. The molecule has 2 fully saturated rings. The van der Waals surface area contributed by atoms with Gasteiger partial charge in [0.2, 0.25) is 0 Å². The van der Waals surface area contributed by atoms with Gasteiger partial charge in [-0.15, -0.1) is 8.78 Å². The molecular formula is C18H24F2N2O3. The first-order chi connectivity index (χ1) is 11.9. The Hall–Kier alpha value is -1.44. The lowest BCUT2D eigenvalue weighted by molar-refractivity contribution is -0.286. The van der Waals surface area contributed by atoms with Crippen molar-refractivity contribution >= 4 is 0 Å². The van der Waals surface area contributed by atoms with Gasteiger partial charge in [0, 0.05) is 19.6 Å². The molecule has 4 rings (SSSR count). The molecule has 3 heterocycles. The molecule has 5 nitrogen and oxygen atoms in total. The standard InChI is InChI=1S/C18H24F2N2O3/c19-18(20)24-15-5-4-14(10-16(15)25-18)11-22-9-3-6-17(23,13-22)12-21-7-1-2-8-21/h4-5,10,23H,1-3,6-9,11-13H2/t17-/m1/s1. The largest absolute Gasteiger partial charge is 0.586 e. The third-order valence-electron chi connectivity index (χ3n) is 5.22. The van der Waals surface area contributed by atoms with Gasteiger partial charge in [-0.05, 0) is 63.0 Å². The van der Waals surface area contributed by atoms with Gasteiger partial charge in [0.25, 0.3) is 0 Å². The summed E-state index contributed by atoms with van der Waals surface area (Å²) in [6.07, 6.45) is 0.589. The Morgan fingerprint density at radius 3 is 2.52 bits per heavy atom. The number of ether oxygens (including phenoxy) is 2. The van der Waals surface area contributed by atoms with E-state index in [9.17, 15) is 13.9 Å². The number of hydrogen-bond acceptors (Lipinski definition) is 5. The number of halogens is 2. The summed E-state index contributed by atoms with van der Waals surface area (Å²) >= 11 is 0. The Morgan fingerprint density at radius 2 is 1.72 bits per heavy atom. The van der Waals surface area contributed by atoms with E-state index in [0.29, 0.717) is 13.1 Å². The Kier molecular flexibility index (Phi) is 4.33. The second kappa shape index (κ2) is 6.37. The summed E-state index contributed by atoms with van der Waals surface area (Å²) in [5, 5.41) is 11.0. The van der Waals surface area contributed by atoms with Crippen LogP contribution in [0.25, 0.3) is 0 Å². The second-order valence-electron chi connectivity index (χ2n) is 7.47. The van der Waals surface area contributed by atoms with Crippen LogP contribution in [0.1, 0.15) is 31.2 Å². The zero-order chi connectivity index (χ0) is 17.5.